The number of allylic oxidation sites excluding steroid dienone is 1. The SMILES string of the molecule is CC1(C)[C@H](/C=C2\CCSC2=O)[C@@]1(C)C(=O)Oc1coc(Cc2ccccc2)c1. The number of carbonyl (C=O) groups excluding carboxylic acids is 2. The Balaban J connectivity index is 1.45. The normalized spacial score (nSPS) is 27.2. The fourth-order valence-electron chi connectivity index (χ4n) is 4.11. The minimum absolute atomic E-state index is 0.000778. The molecular formula is C23H24O4S. The fourth-order valence-corrected chi connectivity index (χ4v) is 4.97. The zero-order valence-corrected chi connectivity index (χ0v) is 17.2. The Bertz CT molecular complexity index is 941. The van der Waals surface area contributed by atoms with Gasteiger partial charge in [0.15, 0.2) is 5.75 Å². The summed E-state index contributed by atoms with van der Waals surface area (Å²) in [5.41, 5.74) is 1.08. The van der Waals surface area contributed by atoms with E-state index in [0.29, 0.717) is 12.2 Å². The predicted octanol–water partition coefficient (Wildman–Crippen LogP) is 5.03. The number of ether oxygens (including phenoxy) is 1. The van der Waals surface area contributed by atoms with Crippen LogP contribution in [0.4, 0.5) is 0 Å². The Hall–Kier alpha value is -2.27. The zero-order chi connectivity index (χ0) is 19.9. The van der Waals surface area contributed by atoms with E-state index in [-0.39, 0.29) is 22.4 Å². The summed E-state index contributed by atoms with van der Waals surface area (Å²) in [6.45, 7) is 6.03. The minimum Gasteiger partial charge on any atom is -0.465 e. The third-order valence-corrected chi connectivity index (χ3v) is 7.31. The molecule has 1 aromatic heterocycles. The van der Waals surface area contributed by atoms with Gasteiger partial charge in [0.05, 0.1) is 5.41 Å². The first-order valence-corrected chi connectivity index (χ1v) is 10.5. The zero-order valence-electron chi connectivity index (χ0n) is 16.4. The van der Waals surface area contributed by atoms with Gasteiger partial charge in [0.2, 0.25) is 5.12 Å². The first-order valence-electron chi connectivity index (χ1n) is 9.54. The predicted molar refractivity (Wildman–Crippen MR) is 109 cm³/mol. The second-order valence-corrected chi connectivity index (χ2v) is 9.35. The molecule has 2 fully saturated rings. The molecule has 2 atom stereocenters. The minimum atomic E-state index is -0.648. The summed E-state index contributed by atoms with van der Waals surface area (Å²) in [5, 5.41) is 0.138. The average Bonchev–Trinajstić information content (AvgIpc) is 3.08. The van der Waals surface area contributed by atoms with Gasteiger partial charge in [-0.2, -0.15) is 0 Å². The molecule has 0 radical (unpaired) electrons. The lowest BCUT2D eigenvalue weighted by atomic mass is 9.98. The van der Waals surface area contributed by atoms with Gasteiger partial charge in [-0.1, -0.05) is 62.0 Å². The summed E-state index contributed by atoms with van der Waals surface area (Å²) in [5.74, 6) is 1.74. The van der Waals surface area contributed by atoms with Gasteiger partial charge in [-0.15, -0.1) is 0 Å². The van der Waals surface area contributed by atoms with Crippen LogP contribution in [0.2, 0.25) is 0 Å². The van der Waals surface area contributed by atoms with Crippen LogP contribution < -0.4 is 4.74 Å². The first-order chi connectivity index (χ1) is 13.3. The van der Waals surface area contributed by atoms with Crippen molar-refractivity contribution >= 4 is 22.8 Å². The lowest BCUT2D eigenvalue weighted by Crippen LogP contribution is -2.24. The van der Waals surface area contributed by atoms with Crippen LogP contribution in [0.1, 0.15) is 38.5 Å². The van der Waals surface area contributed by atoms with E-state index in [1.54, 1.807) is 6.07 Å². The molecule has 2 heterocycles. The Morgan fingerprint density at radius 2 is 2.04 bits per heavy atom. The molecule has 28 heavy (non-hydrogen) atoms. The van der Waals surface area contributed by atoms with Crippen LogP contribution in [-0.4, -0.2) is 16.8 Å². The number of benzene rings is 1. The van der Waals surface area contributed by atoms with Gasteiger partial charge in [0, 0.05) is 29.7 Å². The van der Waals surface area contributed by atoms with Gasteiger partial charge < -0.3 is 9.15 Å². The molecule has 0 unspecified atom stereocenters. The second-order valence-electron chi connectivity index (χ2n) is 8.28. The second kappa shape index (κ2) is 6.96. The van der Waals surface area contributed by atoms with Crippen LogP contribution in [-0.2, 0) is 16.0 Å². The van der Waals surface area contributed by atoms with Gasteiger partial charge in [0.1, 0.15) is 12.0 Å². The van der Waals surface area contributed by atoms with Crippen LogP contribution in [0.3, 0.4) is 0 Å². The number of hydrogen-bond acceptors (Lipinski definition) is 5. The van der Waals surface area contributed by atoms with Crippen molar-refractivity contribution in [3.05, 3.63) is 65.6 Å². The number of thioether (sulfide) groups is 1. The maximum Gasteiger partial charge on any atom is 0.318 e. The molecule has 0 N–H and O–H groups in total. The molecule has 5 heteroatoms. The number of esters is 1. The lowest BCUT2D eigenvalue weighted by molar-refractivity contribution is -0.141. The maximum atomic E-state index is 13.0. The van der Waals surface area contributed by atoms with Gasteiger partial charge >= 0.3 is 5.97 Å². The summed E-state index contributed by atoms with van der Waals surface area (Å²) in [4.78, 5) is 24.9. The highest BCUT2D eigenvalue weighted by atomic mass is 32.2. The Labute approximate surface area is 169 Å². The molecular weight excluding hydrogens is 372 g/mol. The Morgan fingerprint density at radius 3 is 2.71 bits per heavy atom. The van der Waals surface area contributed by atoms with Crippen LogP contribution in [0, 0.1) is 16.7 Å². The van der Waals surface area contributed by atoms with E-state index in [2.05, 4.69) is 13.8 Å². The molecule has 1 saturated heterocycles. The van der Waals surface area contributed by atoms with E-state index in [1.807, 2.05) is 43.3 Å². The highest BCUT2D eigenvalue weighted by molar-refractivity contribution is 8.14. The molecule has 1 aliphatic carbocycles. The molecule has 2 aliphatic rings. The third-order valence-electron chi connectivity index (χ3n) is 6.37. The number of rotatable bonds is 5. The standard InChI is InChI=1S/C23H24O4S/c1-22(2)19(12-16-9-10-28-20(16)24)23(22,3)21(25)27-18-13-17(26-14-18)11-15-7-5-4-6-8-15/h4-8,12-14,19H,9-11H2,1-3H3/b16-12+/t19-,23-/m0/s1. The molecule has 1 aliphatic heterocycles. The fraction of sp³-hybridized carbons (Fsp3) is 0.391. The van der Waals surface area contributed by atoms with E-state index >= 15 is 0 Å². The van der Waals surface area contributed by atoms with Crippen LogP contribution in [0.5, 0.6) is 5.75 Å². The monoisotopic (exact) mass is 396 g/mol. The molecule has 0 spiro atoms. The van der Waals surface area contributed by atoms with Crippen molar-refractivity contribution in [1.29, 1.82) is 0 Å². The average molecular weight is 397 g/mol. The molecule has 4 rings (SSSR count). The van der Waals surface area contributed by atoms with Crippen molar-refractivity contribution in [2.45, 2.75) is 33.6 Å². The van der Waals surface area contributed by atoms with Gasteiger partial charge in [-0.05, 0) is 24.3 Å². The van der Waals surface area contributed by atoms with Gasteiger partial charge in [-0.3, -0.25) is 9.59 Å². The van der Waals surface area contributed by atoms with E-state index < -0.39 is 5.41 Å². The quantitative estimate of drug-likeness (QED) is 0.524. The smallest absolute Gasteiger partial charge is 0.318 e. The summed E-state index contributed by atoms with van der Waals surface area (Å²) >= 11 is 1.35. The first kappa shape index (κ1) is 19.1. The lowest BCUT2D eigenvalue weighted by Gasteiger charge is -2.12. The highest BCUT2D eigenvalue weighted by Gasteiger charge is 2.72. The summed E-state index contributed by atoms with van der Waals surface area (Å²) in [7, 11) is 0. The summed E-state index contributed by atoms with van der Waals surface area (Å²) in [6, 6.07) is 11.8. The van der Waals surface area contributed by atoms with Crippen molar-refractivity contribution < 1.29 is 18.7 Å². The van der Waals surface area contributed by atoms with Crippen LogP contribution >= 0.6 is 11.8 Å². The third kappa shape index (κ3) is 3.22. The van der Waals surface area contributed by atoms with Gasteiger partial charge in [-0.25, -0.2) is 0 Å². The van der Waals surface area contributed by atoms with Crippen LogP contribution in [0.15, 0.2) is 58.7 Å². The summed E-state index contributed by atoms with van der Waals surface area (Å²) in [6.07, 6.45) is 4.92. The molecule has 0 amide bonds. The Morgan fingerprint density at radius 1 is 1.29 bits per heavy atom. The molecule has 1 saturated carbocycles. The molecule has 2 aromatic rings. The topological polar surface area (TPSA) is 56.5 Å². The van der Waals surface area contributed by atoms with E-state index in [1.165, 1.54) is 18.0 Å². The number of carbonyl (C=O) groups is 2. The molecule has 1 aromatic carbocycles. The molecule has 0 bridgehead atoms. The van der Waals surface area contributed by atoms with E-state index in [4.69, 9.17) is 9.15 Å². The summed E-state index contributed by atoms with van der Waals surface area (Å²) < 4.78 is 11.2. The van der Waals surface area contributed by atoms with Gasteiger partial charge in [0.25, 0.3) is 0 Å². The maximum absolute atomic E-state index is 13.0. The largest absolute Gasteiger partial charge is 0.465 e. The van der Waals surface area contributed by atoms with Crippen molar-refractivity contribution in [2.24, 2.45) is 16.7 Å². The van der Waals surface area contributed by atoms with Crippen molar-refractivity contribution in [3.63, 3.8) is 0 Å². The van der Waals surface area contributed by atoms with Crippen LogP contribution in [0.25, 0.3) is 0 Å². The Kier molecular flexibility index (Phi) is 4.74. The van der Waals surface area contributed by atoms with Crippen molar-refractivity contribution in [1.82, 2.24) is 0 Å². The van der Waals surface area contributed by atoms with Crippen molar-refractivity contribution in [2.75, 3.05) is 5.75 Å². The number of furan rings is 1. The molecule has 4 nitrogen and oxygen atoms in total. The molecule has 146 valence electrons. The number of hydrogen-bond donors (Lipinski definition) is 0. The van der Waals surface area contributed by atoms with Crippen molar-refractivity contribution in [3.8, 4) is 5.75 Å². The highest BCUT2D eigenvalue weighted by Crippen LogP contribution is 2.70. The van der Waals surface area contributed by atoms with E-state index in [0.717, 1.165) is 29.1 Å². The van der Waals surface area contributed by atoms with E-state index in [9.17, 15) is 9.59 Å².